The SMILES string of the molecule is O=C(O)CN(CCc1c[nH]c2ccc(O)cc12)C(=O)CCCC(=O)N1CCCC2CCCCC21. The fraction of sp³-hybridized carbons (Fsp3) is 0.577. The van der Waals surface area contributed by atoms with Gasteiger partial charge in [0, 0.05) is 49.1 Å². The second-order valence-electron chi connectivity index (χ2n) is 9.70. The molecule has 4 rings (SSSR count). The lowest BCUT2D eigenvalue weighted by atomic mass is 9.78. The number of carboxylic acid groups (broad SMARTS) is 1. The Hall–Kier alpha value is -3.03. The molecule has 2 amide bonds. The first-order chi connectivity index (χ1) is 16.4. The number of nitrogens with one attached hydrogen (secondary N) is 1. The number of rotatable bonds is 9. The van der Waals surface area contributed by atoms with Crippen LogP contribution < -0.4 is 0 Å². The van der Waals surface area contributed by atoms with Gasteiger partial charge in [-0.25, -0.2) is 0 Å². The van der Waals surface area contributed by atoms with Gasteiger partial charge in [0.1, 0.15) is 12.3 Å². The third kappa shape index (κ3) is 5.72. The molecule has 2 atom stereocenters. The van der Waals surface area contributed by atoms with Crippen LogP contribution in [0.15, 0.2) is 24.4 Å². The molecule has 1 aliphatic carbocycles. The summed E-state index contributed by atoms with van der Waals surface area (Å²) in [5, 5.41) is 19.9. The standard InChI is InChI=1S/C26H35N3O5/c30-20-10-11-22-21(15-20)19(16-27-22)12-14-28(17-26(33)34)24(31)8-3-9-25(32)29-13-4-6-18-5-1-2-7-23(18)29/h10-11,15-16,18,23,27,30H,1-9,12-14,17H2,(H,33,34). The van der Waals surface area contributed by atoms with Crippen LogP contribution in [0.25, 0.3) is 10.9 Å². The highest BCUT2D eigenvalue weighted by atomic mass is 16.4. The molecular formula is C26H35N3O5. The number of aromatic hydroxyl groups is 1. The van der Waals surface area contributed by atoms with E-state index in [0.717, 1.165) is 35.9 Å². The minimum Gasteiger partial charge on any atom is -0.508 e. The molecule has 2 fully saturated rings. The summed E-state index contributed by atoms with van der Waals surface area (Å²) in [5.74, 6) is -0.382. The van der Waals surface area contributed by atoms with Crippen molar-refractivity contribution in [1.29, 1.82) is 0 Å². The van der Waals surface area contributed by atoms with Gasteiger partial charge in [-0.1, -0.05) is 12.8 Å². The van der Waals surface area contributed by atoms with Gasteiger partial charge in [0.05, 0.1) is 0 Å². The average molecular weight is 470 g/mol. The van der Waals surface area contributed by atoms with E-state index in [1.165, 1.54) is 30.6 Å². The van der Waals surface area contributed by atoms with E-state index in [2.05, 4.69) is 9.88 Å². The van der Waals surface area contributed by atoms with Gasteiger partial charge in [0.25, 0.3) is 0 Å². The second-order valence-corrected chi connectivity index (χ2v) is 9.70. The van der Waals surface area contributed by atoms with Crippen LogP contribution in [0.1, 0.15) is 63.4 Å². The number of nitrogens with zero attached hydrogens (tertiary/aromatic N) is 2. The van der Waals surface area contributed by atoms with Crippen LogP contribution in [0.5, 0.6) is 5.75 Å². The summed E-state index contributed by atoms with van der Waals surface area (Å²) >= 11 is 0. The maximum atomic E-state index is 12.9. The Labute approximate surface area is 199 Å². The number of benzene rings is 1. The molecule has 2 aliphatic rings. The summed E-state index contributed by atoms with van der Waals surface area (Å²) in [6, 6.07) is 5.41. The predicted molar refractivity (Wildman–Crippen MR) is 128 cm³/mol. The van der Waals surface area contributed by atoms with Crippen molar-refractivity contribution in [3.8, 4) is 5.75 Å². The van der Waals surface area contributed by atoms with Gasteiger partial charge in [0.2, 0.25) is 11.8 Å². The number of carbonyl (C=O) groups excluding carboxylic acids is 2. The molecule has 34 heavy (non-hydrogen) atoms. The second kappa shape index (κ2) is 10.9. The summed E-state index contributed by atoms with van der Waals surface area (Å²) in [6.07, 6.45) is 10.2. The first-order valence-corrected chi connectivity index (χ1v) is 12.5. The highest BCUT2D eigenvalue weighted by Gasteiger charge is 2.35. The quantitative estimate of drug-likeness (QED) is 0.518. The van der Waals surface area contributed by atoms with Crippen LogP contribution in [-0.4, -0.2) is 68.5 Å². The van der Waals surface area contributed by atoms with Crippen LogP contribution in [0, 0.1) is 5.92 Å². The molecule has 1 saturated heterocycles. The van der Waals surface area contributed by atoms with Crippen molar-refractivity contribution in [2.24, 2.45) is 5.92 Å². The number of aromatic nitrogens is 1. The third-order valence-corrected chi connectivity index (χ3v) is 7.43. The highest BCUT2D eigenvalue weighted by molar-refractivity contribution is 5.85. The lowest BCUT2D eigenvalue weighted by Crippen LogP contribution is -2.49. The van der Waals surface area contributed by atoms with Crippen molar-refractivity contribution in [1.82, 2.24) is 14.8 Å². The van der Waals surface area contributed by atoms with Crippen molar-refractivity contribution < 1.29 is 24.6 Å². The lowest BCUT2D eigenvalue weighted by molar-refractivity contribution is -0.144. The van der Waals surface area contributed by atoms with Crippen molar-refractivity contribution in [3.63, 3.8) is 0 Å². The van der Waals surface area contributed by atoms with Crippen LogP contribution in [-0.2, 0) is 20.8 Å². The van der Waals surface area contributed by atoms with E-state index in [9.17, 15) is 24.6 Å². The minimum atomic E-state index is -1.06. The van der Waals surface area contributed by atoms with Gasteiger partial charge in [-0.05, 0) is 68.2 Å². The number of fused-ring (bicyclic) bond motifs is 2. The predicted octanol–water partition coefficient (Wildman–Crippen LogP) is 3.68. The fourth-order valence-electron chi connectivity index (χ4n) is 5.71. The molecule has 0 spiro atoms. The third-order valence-electron chi connectivity index (χ3n) is 7.43. The Morgan fingerprint density at radius 1 is 1.09 bits per heavy atom. The zero-order chi connectivity index (χ0) is 24.1. The molecule has 2 unspecified atom stereocenters. The summed E-state index contributed by atoms with van der Waals surface area (Å²) in [6.45, 7) is 0.715. The number of hydrogen-bond donors (Lipinski definition) is 3. The largest absolute Gasteiger partial charge is 0.508 e. The van der Waals surface area contributed by atoms with Crippen LogP contribution >= 0.6 is 0 Å². The molecule has 2 heterocycles. The maximum absolute atomic E-state index is 12.9. The van der Waals surface area contributed by atoms with Gasteiger partial charge in [-0.2, -0.15) is 0 Å². The number of hydrogen-bond acceptors (Lipinski definition) is 4. The van der Waals surface area contributed by atoms with Gasteiger partial charge in [0.15, 0.2) is 0 Å². The Morgan fingerprint density at radius 2 is 1.88 bits per heavy atom. The molecule has 3 N–H and O–H groups in total. The normalized spacial score (nSPS) is 20.2. The molecule has 2 aromatic rings. The van der Waals surface area contributed by atoms with E-state index >= 15 is 0 Å². The van der Waals surface area contributed by atoms with Crippen LogP contribution in [0.2, 0.25) is 0 Å². The average Bonchev–Trinajstić information content (AvgIpc) is 3.22. The van der Waals surface area contributed by atoms with E-state index in [4.69, 9.17) is 0 Å². The number of phenols is 1. The summed E-state index contributed by atoms with van der Waals surface area (Å²) in [5.41, 5.74) is 1.79. The van der Waals surface area contributed by atoms with Crippen molar-refractivity contribution in [2.45, 2.75) is 70.3 Å². The molecule has 1 aromatic heterocycles. The summed E-state index contributed by atoms with van der Waals surface area (Å²) < 4.78 is 0. The van der Waals surface area contributed by atoms with Crippen molar-refractivity contribution in [3.05, 3.63) is 30.0 Å². The Bertz CT molecular complexity index is 1030. The van der Waals surface area contributed by atoms with Crippen molar-refractivity contribution in [2.75, 3.05) is 19.6 Å². The molecule has 1 aromatic carbocycles. The Morgan fingerprint density at radius 3 is 2.71 bits per heavy atom. The maximum Gasteiger partial charge on any atom is 0.323 e. The lowest BCUT2D eigenvalue weighted by Gasteiger charge is -2.44. The molecule has 1 saturated carbocycles. The number of phenolic OH excluding ortho intramolecular Hbond substituents is 1. The molecule has 0 bridgehead atoms. The highest BCUT2D eigenvalue weighted by Crippen LogP contribution is 2.35. The zero-order valence-electron chi connectivity index (χ0n) is 19.7. The smallest absolute Gasteiger partial charge is 0.323 e. The van der Waals surface area contributed by atoms with E-state index in [0.29, 0.717) is 31.2 Å². The molecule has 8 nitrogen and oxygen atoms in total. The topological polar surface area (TPSA) is 114 Å². The number of aromatic amines is 1. The van der Waals surface area contributed by atoms with Gasteiger partial charge >= 0.3 is 5.97 Å². The molecule has 8 heteroatoms. The molecule has 1 aliphatic heterocycles. The van der Waals surface area contributed by atoms with E-state index in [1.54, 1.807) is 18.2 Å². The van der Waals surface area contributed by atoms with Crippen LogP contribution in [0.3, 0.4) is 0 Å². The number of carboxylic acids is 1. The number of H-pyrrole nitrogens is 1. The van der Waals surface area contributed by atoms with Gasteiger partial charge in [-0.3, -0.25) is 14.4 Å². The van der Waals surface area contributed by atoms with E-state index in [1.807, 2.05) is 6.20 Å². The van der Waals surface area contributed by atoms with Gasteiger partial charge < -0.3 is 25.0 Å². The van der Waals surface area contributed by atoms with E-state index in [-0.39, 0.29) is 37.1 Å². The summed E-state index contributed by atoms with van der Waals surface area (Å²) in [4.78, 5) is 43.6. The first kappa shape index (κ1) is 24.1. The number of aliphatic carboxylic acids is 1. The Balaban J connectivity index is 1.30. The molecular weight excluding hydrogens is 434 g/mol. The number of piperidine rings is 1. The van der Waals surface area contributed by atoms with Gasteiger partial charge in [-0.15, -0.1) is 0 Å². The Kier molecular flexibility index (Phi) is 7.75. The number of amides is 2. The molecule has 0 radical (unpaired) electrons. The minimum absolute atomic E-state index is 0.132. The summed E-state index contributed by atoms with van der Waals surface area (Å²) in [7, 11) is 0. The number of carbonyl (C=O) groups is 3. The van der Waals surface area contributed by atoms with E-state index < -0.39 is 5.97 Å². The fourth-order valence-corrected chi connectivity index (χ4v) is 5.71. The van der Waals surface area contributed by atoms with Crippen LogP contribution in [0.4, 0.5) is 0 Å². The molecule has 184 valence electrons. The first-order valence-electron chi connectivity index (χ1n) is 12.5. The van der Waals surface area contributed by atoms with Crippen molar-refractivity contribution >= 4 is 28.7 Å². The zero-order valence-corrected chi connectivity index (χ0v) is 19.7. The monoisotopic (exact) mass is 469 g/mol. The number of likely N-dealkylation sites (tertiary alicyclic amines) is 1.